The SMILES string of the molecule is Cc1noc(-c2cccnc2NC[C@H]2CCO[C@H]2C(C)(C)C)n1. The molecule has 1 aliphatic rings. The summed E-state index contributed by atoms with van der Waals surface area (Å²) in [6, 6.07) is 3.81. The molecule has 23 heavy (non-hydrogen) atoms. The van der Waals surface area contributed by atoms with Gasteiger partial charge in [0.05, 0.1) is 11.7 Å². The van der Waals surface area contributed by atoms with Crippen LogP contribution in [0.4, 0.5) is 5.82 Å². The van der Waals surface area contributed by atoms with Crippen molar-refractivity contribution in [2.24, 2.45) is 11.3 Å². The van der Waals surface area contributed by atoms with E-state index in [0.717, 1.165) is 31.0 Å². The second-order valence-electron chi connectivity index (χ2n) is 7.13. The highest BCUT2D eigenvalue weighted by Gasteiger charge is 2.37. The third kappa shape index (κ3) is 3.52. The van der Waals surface area contributed by atoms with Gasteiger partial charge in [0, 0.05) is 25.3 Å². The summed E-state index contributed by atoms with van der Waals surface area (Å²) in [7, 11) is 0. The zero-order valence-electron chi connectivity index (χ0n) is 14.2. The fraction of sp³-hybridized carbons (Fsp3) is 0.588. The molecule has 6 heteroatoms. The molecule has 3 heterocycles. The van der Waals surface area contributed by atoms with Gasteiger partial charge in [-0.05, 0) is 30.9 Å². The Labute approximate surface area is 136 Å². The highest BCUT2D eigenvalue weighted by Crippen LogP contribution is 2.35. The van der Waals surface area contributed by atoms with Crippen LogP contribution in [0.15, 0.2) is 22.9 Å². The van der Waals surface area contributed by atoms with Crippen molar-refractivity contribution < 1.29 is 9.26 Å². The predicted octanol–water partition coefficient (Wildman–Crippen LogP) is 3.30. The smallest absolute Gasteiger partial charge is 0.261 e. The first-order chi connectivity index (χ1) is 10.9. The summed E-state index contributed by atoms with van der Waals surface area (Å²) in [6.45, 7) is 10.1. The maximum absolute atomic E-state index is 5.94. The number of rotatable bonds is 4. The number of nitrogens with one attached hydrogen (secondary N) is 1. The van der Waals surface area contributed by atoms with Gasteiger partial charge in [-0.25, -0.2) is 4.98 Å². The van der Waals surface area contributed by atoms with E-state index in [0.29, 0.717) is 17.6 Å². The number of ether oxygens (including phenoxy) is 1. The minimum atomic E-state index is 0.138. The largest absolute Gasteiger partial charge is 0.377 e. The van der Waals surface area contributed by atoms with Gasteiger partial charge in [-0.1, -0.05) is 25.9 Å². The van der Waals surface area contributed by atoms with E-state index in [-0.39, 0.29) is 11.5 Å². The number of pyridine rings is 1. The molecule has 0 radical (unpaired) electrons. The van der Waals surface area contributed by atoms with Crippen LogP contribution in [-0.2, 0) is 4.74 Å². The first-order valence-electron chi connectivity index (χ1n) is 8.06. The quantitative estimate of drug-likeness (QED) is 0.933. The van der Waals surface area contributed by atoms with Gasteiger partial charge >= 0.3 is 0 Å². The summed E-state index contributed by atoms with van der Waals surface area (Å²) >= 11 is 0. The molecule has 6 nitrogen and oxygen atoms in total. The van der Waals surface area contributed by atoms with Gasteiger partial charge in [0.1, 0.15) is 5.82 Å². The highest BCUT2D eigenvalue weighted by atomic mass is 16.5. The van der Waals surface area contributed by atoms with E-state index in [1.54, 1.807) is 13.1 Å². The Morgan fingerprint density at radius 3 is 2.87 bits per heavy atom. The van der Waals surface area contributed by atoms with Crippen molar-refractivity contribution in [1.29, 1.82) is 0 Å². The lowest BCUT2D eigenvalue weighted by molar-refractivity contribution is 0.00956. The molecular formula is C17H24N4O2. The van der Waals surface area contributed by atoms with Crippen molar-refractivity contribution in [1.82, 2.24) is 15.1 Å². The first-order valence-corrected chi connectivity index (χ1v) is 8.06. The Balaban J connectivity index is 1.74. The average molecular weight is 316 g/mol. The third-order valence-electron chi connectivity index (χ3n) is 4.17. The van der Waals surface area contributed by atoms with E-state index < -0.39 is 0 Å². The molecule has 3 rings (SSSR count). The summed E-state index contributed by atoms with van der Waals surface area (Å²) in [6.07, 6.45) is 3.09. The van der Waals surface area contributed by atoms with Crippen LogP contribution in [0.3, 0.4) is 0 Å². The summed E-state index contributed by atoms with van der Waals surface area (Å²) < 4.78 is 11.2. The van der Waals surface area contributed by atoms with Crippen molar-refractivity contribution in [2.45, 2.75) is 40.2 Å². The number of aryl methyl sites for hydroxylation is 1. The molecule has 0 aliphatic carbocycles. The molecule has 1 N–H and O–H groups in total. The number of aromatic nitrogens is 3. The lowest BCUT2D eigenvalue weighted by atomic mass is 9.81. The molecule has 1 aliphatic heterocycles. The minimum absolute atomic E-state index is 0.138. The second-order valence-corrected chi connectivity index (χ2v) is 7.13. The molecule has 2 atom stereocenters. The van der Waals surface area contributed by atoms with Gasteiger partial charge in [-0.15, -0.1) is 0 Å². The molecule has 2 aromatic heterocycles. The molecule has 0 saturated carbocycles. The third-order valence-corrected chi connectivity index (χ3v) is 4.17. The maximum atomic E-state index is 5.94. The molecule has 0 unspecified atom stereocenters. The van der Waals surface area contributed by atoms with Crippen LogP contribution in [0, 0.1) is 18.3 Å². The molecule has 0 bridgehead atoms. The van der Waals surface area contributed by atoms with Crippen LogP contribution in [0.2, 0.25) is 0 Å². The van der Waals surface area contributed by atoms with Crippen molar-refractivity contribution in [3.8, 4) is 11.5 Å². The fourth-order valence-electron chi connectivity index (χ4n) is 3.15. The standard InChI is InChI=1S/C17H24N4O2/c1-11-20-16(23-21-11)13-6-5-8-18-15(13)19-10-12-7-9-22-14(12)17(2,3)4/h5-6,8,12,14H,7,9-10H2,1-4H3,(H,18,19)/t12-,14-/m1/s1. The van der Waals surface area contributed by atoms with E-state index in [4.69, 9.17) is 9.26 Å². The predicted molar refractivity (Wildman–Crippen MR) is 88.1 cm³/mol. The van der Waals surface area contributed by atoms with Crippen LogP contribution in [0.25, 0.3) is 11.5 Å². The van der Waals surface area contributed by atoms with E-state index in [2.05, 4.69) is 41.2 Å². The Morgan fingerprint density at radius 1 is 1.35 bits per heavy atom. The summed E-state index contributed by atoms with van der Waals surface area (Å²) in [5.74, 6) is 2.35. The lowest BCUT2D eigenvalue weighted by Crippen LogP contribution is -2.34. The molecule has 1 fully saturated rings. The number of anilines is 1. The van der Waals surface area contributed by atoms with E-state index in [1.165, 1.54) is 0 Å². The Kier molecular flexibility index (Phi) is 4.35. The number of hydrogen-bond acceptors (Lipinski definition) is 6. The average Bonchev–Trinajstić information content (AvgIpc) is 3.13. The maximum Gasteiger partial charge on any atom is 0.261 e. The van der Waals surface area contributed by atoms with Crippen molar-refractivity contribution >= 4 is 5.82 Å². The topological polar surface area (TPSA) is 73.1 Å². The summed E-state index contributed by atoms with van der Waals surface area (Å²) in [4.78, 5) is 8.73. The zero-order chi connectivity index (χ0) is 16.4. The van der Waals surface area contributed by atoms with Gasteiger partial charge in [-0.3, -0.25) is 0 Å². The van der Waals surface area contributed by atoms with Crippen molar-refractivity contribution in [3.05, 3.63) is 24.2 Å². The van der Waals surface area contributed by atoms with Crippen molar-refractivity contribution in [3.63, 3.8) is 0 Å². The fourth-order valence-corrected chi connectivity index (χ4v) is 3.15. The molecule has 124 valence electrons. The molecule has 0 aromatic carbocycles. The van der Waals surface area contributed by atoms with Gasteiger partial charge in [0.2, 0.25) is 0 Å². The molecule has 0 spiro atoms. The molecule has 2 aromatic rings. The lowest BCUT2D eigenvalue weighted by Gasteiger charge is -2.31. The zero-order valence-corrected chi connectivity index (χ0v) is 14.2. The van der Waals surface area contributed by atoms with E-state index in [9.17, 15) is 0 Å². The van der Waals surface area contributed by atoms with Gasteiger partial charge in [0.15, 0.2) is 5.82 Å². The Bertz CT molecular complexity index is 663. The van der Waals surface area contributed by atoms with Gasteiger partial charge in [0.25, 0.3) is 5.89 Å². The second kappa shape index (κ2) is 6.28. The van der Waals surface area contributed by atoms with Crippen LogP contribution in [0.5, 0.6) is 0 Å². The Morgan fingerprint density at radius 2 is 2.17 bits per heavy atom. The molecule has 0 amide bonds. The number of hydrogen-bond donors (Lipinski definition) is 1. The van der Waals surface area contributed by atoms with Crippen LogP contribution >= 0.6 is 0 Å². The Hall–Kier alpha value is -1.95. The van der Waals surface area contributed by atoms with Crippen molar-refractivity contribution in [2.75, 3.05) is 18.5 Å². The molecular weight excluding hydrogens is 292 g/mol. The van der Waals surface area contributed by atoms with E-state index in [1.807, 2.05) is 12.1 Å². The minimum Gasteiger partial charge on any atom is -0.377 e. The molecule has 1 saturated heterocycles. The van der Waals surface area contributed by atoms with Crippen LogP contribution in [0.1, 0.15) is 33.0 Å². The number of nitrogens with zero attached hydrogens (tertiary/aromatic N) is 3. The first kappa shape index (κ1) is 15.9. The van der Waals surface area contributed by atoms with Gasteiger partial charge in [-0.2, -0.15) is 4.98 Å². The van der Waals surface area contributed by atoms with Crippen LogP contribution < -0.4 is 5.32 Å². The summed E-state index contributed by atoms with van der Waals surface area (Å²) in [5, 5.41) is 7.30. The van der Waals surface area contributed by atoms with Gasteiger partial charge < -0.3 is 14.6 Å². The summed E-state index contributed by atoms with van der Waals surface area (Å²) in [5.41, 5.74) is 0.971. The monoisotopic (exact) mass is 316 g/mol. The normalized spacial score (nSPS) is 21.6. The van der Waals surface area contributed by atoms with Crippen LogP contribution in [-0.4, -0.2) is 34.4 Å². The van der Waals surface area contributed by atoms with E-state index >= 15 is 0 Å². The highest BCUT2D eigenvalue weighted by molar-refractivity contribution is 5.68.